The van der Waals surface area contributed by atoms with Gasteiger partial charge in [-0.3, -0.25) is 9.69 Å². The SMILES string of the molecule is CC(C)(C)c1ccc([O-])cc1.CCCCCCCCCCCC(=O)OCCN1CCOCC1.CCCC[N+](CCCC)(CCCC)CCCC.Cc1ccccc1N=C(N)N=C(N)N.Cc1ccccc1N=C(N)[NH+]=C(N)N.Cc1ccccc1N=C(N)[NH+]=C(N)N.O=C(O)c1ccccc1[O-].O=C(O)c1ccccc1[O-].O=C(O)c1ccccc1[O-].c1ccc([S+](c2ccccc2)c2ccccc2)cc1. The molecule has 0 atom stereocenters. The molecule has 0 saturated carbocycles. The van der Waals surface area contributed by atoms with Crippen molar-refractivity contribution < 1.29 is 78.9 Å². The van der Waals surface area contributed by atoms with Gasteiger partial charge in [-0.2, -0.15) is 4.99 Å². The summed E-state index contributed by atoms with van der Waals surface area (Å²) >= 11 is 0. The number of carboxylic acids is 3. The minimum absolute atomic E-state index is 0.0146. The van der Waals surface area contributed by atoms with Crippen molar-refractivity contribution in [3.63, 3.8) is 0 Å². The summed E-state index contributed by atoms with van der Waals surface area (Å²) in [5.74, 6) is -4.45. The largest absolute Gasteiger partial charge is 0.872 e. The third-order valence-electron chi connectivity index (χ3n) is 21.1. The zero-order chi connectivity index (χ0) is 105. The number of carbonyl (C=O) groups excluding carboxylic acids is 1. The number of hydrogen-bond donors (Lipinski definition) is 14. The van der Waals surface area contributed by atoms with E-state index in [4.69, 9.17) is 76.4 Å². The number of nitrogens with zero attached hydrogens (tertiary/aromatic N) is 6. The summed E-state index contributed by atoms with van der Waals surface area (Å²) in [5, 5.41) is 67.9. The van der Waals surface area contributed by atoms with E-state index in [0.717, 1.165) is 79.4 Å². The van der Waals surface area contributed by atoms with Gasteiger partial charge in [0.1, 0.15) is 18.0 Å². The maximum absolute atomic E-state index is 11.6. The molecule has 10 aromatic carbocycles. The smallest absolute Gasteiger partial charge is 0.335 e. The number of quaternary nitrogens is 1. The Hall–Kier alpha value is -14.3. The monoisotopic (exact) mass is 1950 g/mol. The number of unbranched alkanes of at least 4 members (excludes halogenated alkanes) is 12. The molecule has 0 amide bonds. The number of aryl methyl sites for hydroxylation is 3. The van der Waals surface area contributed by atoms with Gasteiger partial charge in [-0.05, 0) is 153 Å². The van der Waals surface area contributed by atoms with Crippen LogP contribution in [0.15, 0.2) is 296 Å². The zero-order valence-corrected chi connectivity index (χ0v) is 85.2. The van der Waals surface area contributed by atoms with Crippen LogP contribution in [0.4, 0.5) is 17.1 Å². The molecular formula is C110H155N17O13S. The van der Waals surface area contributed by atoms with E-state index in [-0.39, 0.29) is 80.5 Å². The van der Waals surface area contributed by atoms with Crippen molar-refractivity contribution in [1.29, 1.82) is 0 Å². The molecule has 1 aliphatic heterocycles. The topological polar surface area (TPSA) is 554 Å². The van der Waals surface area contributed by atoms with Crippen molar-refractivity contribution in [3.8, 4) is 23.0 Å². The number of morpholine rings is 1. The summed E-state index contributed by atoms with van der Waals surface area (Å²) in [6, 6.07) is 78.6. The van der Waals surface area contributed by atoms with Gasteiger partial charge in [0.15, 0.2) is 20.6 Å². The third-order valence-corrected chi connectivity index (χ3v) is 23.3. The Labute approximate surface area is 838 Å². The van der Waals surface area contributed by atoms with Gasteiger partial charge in [-0.25, -0.2) is 29.4 Å². The van der Waals surface area contributed by atoms with E-state index in [1.165, 1.54) is 220 Å². The Morgan fingerprint density at radius 3 is 1.01 bits per heavy atom. The Balaban J connectivity index is 0.000000535. The maximum Gasteiger partial charge on any atom is 0.335 e. The summed E-state index contributed by atoms with van der Waals surface area (Å²) in [7, 11) is -0.0146. The molecule has 0 bridgehead atoms. The average Bonchev–Trinajstić information content (AvgIpc) is 0.815. The number of rotatable bonds is 34. The minimum atomic E-state index is -1.18. The van der Waals surface area contributed by atoms with E-state index in [0.29, 0.717) is 13.0 Å². The Morgan fingerprint density at radius 2 is 0.709 bits per heavy atom. The molecule has 0 spiro atoms. The van der Waals surface area contributed by atoms with Crippen LogP contribution in [-0.4, -0.2) is 150 Å². The molecule has 1 fully saturated rings. The number of ether oxygens (including phenoxy) is 2. The van der Waals surface area contributed by atoms with E-state index >= 15 is 0 Å². The first kappa shape index (κ1) is 123. The number of guanidine groups is 6. The quantitative estimate of drug-likeness (QED) is 0.00445. The number of esters is 1. The number of hydrogen-bond acceptors (Lipinski definition) is 14. The molecule has 0 aromatic heterocycles. The van der Waals surface area contributed by atoms with Crippen LogP contribution >= 0.6 is 0 Å². The molecule has 0 aliphatic carbocycles. The van der Waals surface area contributed by atoms with Gasteiger partial charge in [-0.15, -0.1) is 15.7 Å². The molecule has 0 unspecified atom stereocenters. The van der Waals surface area contributed by atoms with Crippen LogP contribution in [0.3, 0.4) is 0 Å². The summed E-state index contributed by atoms with van der Waals surface area (Å²) in [5.41, 5.74) is 53.9. The van der Waals surface area contributed by atoms with Crippen molar-refractivity contribution >= 4 is 87.6 Å². The summed E-state index contributed by atoms with van der Waals surface area (Å²) in [4.78, 5) is 69.6. The van der Waals surface area contributed by atoms with Crippen molar-refractivity contribution in [2.75, 3.05) is 65.6 Å². The molecule has 23 N–H and O–H groups in total. The van der Waals surface area contributed by atoms with Crippen LogP contribution in [0.25, 0.3) is 0 Å². The standard InChI is InChI=1S/C18H35NO3.C18H15S.C16H36N.C10H14O.3C9H13N5.3C7H6O3/c1-2-3-4-5-6-7-8-9-10-11-18(20)22-17-14-19-12-15-21-16-13-19;1-4-10-16(11-5-1)19(17-12-6-2-7-13-17)18-14-8-3-9-15-18;1-5-9-13-17(14-10-6-2,15-11-7-3)16-12-8-4;1-10(2,3)8-4-6-9(11)7-5-8;3*1-6-4-2-3-5-7(6)13-9(12)14-8(10)11;3*8-6-4-2-1-3-5(6)7(9)10/h2-17H2,1H3;1-15H;5-16H2,1-4H3;4-7,11H,1-3H3;3*2-5H,1H3,(H6,10,11,12,13,14);3*1-4,8H,(H,9,10)/q;2*+1;;;;;;;/p-2. The van der Waals surface area contributed by atoms with Crippen LogP contribution in [0.1, 0.15) is 224 Å². The lowest BCUT2D eigenvalue weighted by Gasteiger charge is -2.39. The lowest BCUT2D eigenvalue weighted by atomic mass is 9.87. The molecule has 10 aromatic rings. The Kier molecular flexibility index (Phi) is 63.5. The summed E-state index contributed by atoms with van der Waals surface area (Å²) < 4.78 is 12.0. The third kappa shape index (κ3) is 56.4. The van der Waals surface area contributed by atoms with Crippen LogP contribution in [0.5, 0.6) is 23.0 Å². The summed E-state index contributed by atoms with van der Waals surface area (Å²) in [6.45, 7) is 34.4. The van der Waals surface area contributed by atoms with Gasteiger partial charge >= 0.3 is 35.8 Å². The molecule has 764 valence electrons. The average molecular weight is 1960 g/mol. The molecule has 1 heterocycles. The highest BCUT2D eigenvalue weighted by molar-refractivity contribution is 7.97. The number of para-hydroxylation sites is 6. The van der Waals surface area contributed by atoms with Crippen molar-refractivity contribution in [1.82, 2.24) is 4.90 Å². The van der Waals surface area contributed by atoms with Crippen LogP contribution in [-0.2, 0) is 30.6 Å². The minimum Gasteiger partial charge on any atom is -0.872 e. The first-order valence-electron chi connectivity index (χ1n) is 48.0. The lowest BCUT2D eigenvalue weighted by molar-refractivity contribution is -0.929. The number of nitrogens with one attached hydrogen (secondary N) is 2. The predicted molar refractivity (Wildman–Crippen MR) is 566 cm³/mol. The number of aromatic carboxylic acids is 3. The molecule has 1 saturated heterocycles. The first-order valence-corrected chi connectivity index (χ1v) is 49.2. The number of nitrogens with two attached hydrogens (primary N) is 9. The van der Waals surface area contributed by atoms with Gasteiger partial charge in [0.25, 0.3) is 11.9 Å². The first-order chi connectivity index (χ1) is 67.4. The molecule has 0 radical (unpaired) electrons. The molecular weight excluding hydrogens is 1800 g/mol. The summed E-state index contributed by atoms with van der Waals surface area (Å²) in [6.07, 6.45) is 23.1. The predicted octanol–water partition coefficient (Wildman–Crippen LogP) is 13.8. The number of carbonyl (C=O) groups is 4. The molecule has 1 aliphatic rings. The van der Waals surface area contributed by atoms with Gasteiger partial charge < -0.3 is 101 Å². The van der Waals surface area contributed by atoms with E-state index in [1.807, 2.05) is 106 Å². The lowest BCUT2D eigenvalue weighted by Crippen LogP contribution is -2.84. The number of carboxylic acid groups (broad SMARTS) is 3. The second kappa shape index (κ2) is 73.0. The number of benzene rings is 10. The fourth-order valence-corrected chi connectivity index (χ4v) is 15.4. The fourth-order valence-electron chi connectivity index (χ4n) is 13.3. The van der Waals surface area contributed by atoms with Crippen molar-refractivity contribution in [2.24, 2.45) is 71.6 Å². The van der Waals surface area contributed by atoms with Crippen LogP contribution < -0.4 is 82.0 Å². The zero-order valence-electron chi connectivity index (χ0n) is 84.3. The van der Waals surface area contributed by atoms with E-state index < -0.39 is 35.2 Å². The number of aliphatic imine (C=N–C) groups is 4. The van der Waals surface area contributed by atoms with Gasteiger partial charge in [0.05, 0.1) is 72.7 Å². The van der Waals surface area contributed by atoms with Crippen LogP contribution in [0.2, 0.25) is 0 Å². The van der Waals surface area contributed by atoms with E-state index in [1.54, 1.807) is 12.1 Å². The highest BCUT2D eigenvalue weighted by Crippen LogP contribution is 2.31. The highest BCUT2D eigenvalue weighted by Gasteiger charge is 2.28. The van der Waals surface area contributed by atoms with Gasteiger partial charge in [0, 0.05) is 26.1 Å². The van der Waals surface area contributed by atoms with E-state index in [2.05, 4.69) is 181 Å². The second-order valence-corrected chi connectivity index (χ2v) is 35.9. The Bertz CT molecular complexity index is 4900. The second-order valence-electron chi connectivity index (χ2n) is 33.8. The van der Waals surface area contributed by atoms with Gasteiger partial charge in [-0.1, -0.05) is 338 Å². The van der Waals surface area contributed by atoms with Crippen molar-refractivity contribution in [3.05, 3.63) is 300 Å². The molecule has 11 rings (SSSR count). The molecule has 30 nitrogen and oxygen atoms in total. The fraction of sp³-hybridized carbons (Fsp3) is 0.364. The highest BCUT2D eigenvalue weighted by atomic mass is 32.2. The Morgan fingerprint density at radius 1 is 0.404 bits per heavy atom. The van der Waals surface area contributed by atoms with Crippen molar-refractivity contribution in [2.45, 2.75) is 212 Å². The van der Waals surface area contributed by atoms with E-state index in [9.17, 15) is 39.6 Å². The normalized spacial score (nSPS) is 11.5. The molecule has 141 heavy (non-hydrogen) atoms. The molecule has 31 heteroatoms. The maximum atomic E-state index is 11.6. The van der Waals surface area contributed by atoms with Crippen LogP contribution in [0, 0.1) is 20.8 Å². The van der Waals surface area contributed by atoms with Gasteiger partial charge in [0.2, 0.25) is 5.96 Å².